The minimum atomic E-state index is -4.45. The number of nitrogens with zero attached hydrogens (tertiary/aromatic N) is 3. The fraction of sp³-hybridized carbons (Fsp3) is 0.513. The molecule has 1 fully saturated rings. The van der Waals surface area contributed by atoms with E-state index in [4.69, 9.17) is 33.7 Å². The normalized spacial score (nSPS) is 21.5. The zero-order valence-corrected chi connectivity index (χ0v) is 33.5. The fourth-order valence-electron chi connectivity index (χ4n) is 6.23. The number of carbonyl (C=O) groups excluding carboxylic acids is 3. The molecule has 3 N–H and O–H groups in total. The number of anilines is 1. The Hall–Kier alpha value is -4.56. The molecule has 3 heterocycles. The maximum Gasteiger partial charge on any atom is 0.459 e. The highest BCUT2D eigenvalue weighted by Gasteiger charge is 2.59. The first-order valence-corrected chi connectivity index (χ1v) is 20.2. The molecule has 0 bridgehead atoms. The minimum Gasteiger partial charge on any atom is -0.464 e. The van der Waals surface area contributed by atoms with Crippen LogP contribution in [0.2, 0.25) is 0 Å². The predicted molar refractivity (Wildman–Crippen MR) is 205 cm³/mol. The second-order valence-corrected chi connectivity index (χ2v) is 16.2. The smallest absolute Gasteiger partial charge is 0.459 e. The molecule has 55 heavy (non-hydrogen) atoms. The van der Waals surface area contributed by atoms with Gasteiger partial charge >= 0.3 is 25.7 Å². The van der Waals surface area contributed by atoms with Crippen molar-refractivity contribution in [2.45, 2.75) is 98.2 Å². The first-order valence-electron chi connectivity index (χ1n) is 18.6. The molecule has 0 radical (unpaired) electrons. The molecule has 4 aromatic rings. The van der Waals surface area contributed by atoms with Crippen molar-refractivity contribution in [2.24, 2.45) is 17.8 Å². The molecule has 2 aromatic carbocycles. The Morgan fingerprint density at radius 1 is 0.945 bits per heavy atom. The Morgan fingerprint density at radius 3 is 2.29 bits per heavy atom. The van der Waals surface area contributed by atoms with Gasteiger partial charge in [-0.1, -0.05) is 84.7 Å². The van der Waals surface area contributed by atoms with Crippen LogP contribution < -0.4 is 15.3 Å². The molecule has 0 aliphatic carbocycles. The number of carbonyl (C=O) groups is 3. The summed E-state index contributed by atoms with van der Waals surface area (Å²) in [4.78, 5) is 43.7. The van der Waals surface area contributed by atoms with Crippen LogP contribution in [-0.2, 0) is 48.0 Å². The fourth-order valence-corrected chi connectivity index (χ4v) is 7.73. The van der Waals surface area contributed by atoms with Gasteiger partial charge in [0, 0.05) is 0 Å². The summed E-state index contributed by atoms with van der Waals surface area (Å²) >= 11 is 0. The van der Waals surface area contributed by atoms with Crippen LogP contribution in [-0.4, -0.2) is 70.1 Å². The number of fused-ring (bicyclic) bond motifs is 2. The predicted octanol–water partition coefficient (Wildman–Crippen LogP) is 6.38. The number of benzene rings is 2. The van der Waals surface area contributed by atoms with Crippen molar-refractivity contribution in [1.29, 1.82) is 0 Å². The van der Waals surface area contributed by atoms with E-state index in [2.05, 4.69) is 15.2 Å². The molecule has 0 spiro atoms. The van der Waals surface area contributed by atoms with Crippen molar-refractivity contribution in [1.82, 2.24) is 19.7 Å². The van der Waals surface area contributed by atoms with E-state index in [1.807, 2.05) is 38.1 Å². The number of ether oxygens (including phenoxy) is 4. The summed E-state index contributed by atoms with van der Waals surface area (Å²) in [7, 11) is -4.45. The number of nitrogens with two attached hydrogens (primary N) is 1. The molecule has 0 saturated carbocycles. The highest BCUT2D eigenvalue weighted by molar-refractivity contribution is 7.52. The van der Waals surface area contributed by atoms with E-state index >= 15 is 0 Å². The standard InChI is InChI=1S/C39H52N5O10P/c1-9-26(10-2)20-49-38(47)25(7)43-55(48,54-29-16-15-27-13-11-12-14-28(27)19-29)50-21-31-33(51-36(45)23(3)4)34(52-37(46)24(5)6)39(8,53-31)32-18-17-30-35(40)41-22-42-44(30)32/h11-19,22-26,31,33-34H,9-10,20-21H2,1-8H3,(H,43,48)(H2,40,41,42)/t25-,31+,33+,34+,39-,55?/m0/s1. The molecule has 6 atom stereocenters. The zero-order chi connectivity index (χ0) is 40.1. The van der Waals surface area contributed by atoms with Crippen LogP contribution in [0.1, 0.15) is 73.9 Å². The highest BCUT2D eigenvalue weighted by atomic mass is 31.2. The van der Waals surface area contributed by atoms with Gasteiger partial charge in [-0.25, -0.2) is 14.1 Å². The van der Waals surface area contributed by atoms with Gasteiger partial charge in [0.25, 0.3) is 0 Å². The molecule has 16 heteroatoms. The van der Waals surface area contributed by atoms with Gasteiger partial charge in [0.1, 0.15) is 35.3 Å². The average molecular weight is 782 g/mol. The second kappa shape index (κ2) is 17.5. The molecule has 1 saturated heterocycles. The van der Waals surface area contributed by atoms with Gasteiger partial charge in [-0.05, 0) is 54.8 Å². The Morgan fingerprint density at radius 2 is 1.62 bits per heavy atom. The third kappa shape index (κ3) is 9.46. The van der Waals surface area contributed by atoms with Crippen molar-refractivity contribution >= 4 is 47.8 Å². The van der Waals surface area contributed by atoms with Crippen LogP contribution in [0, 0.1) is 17.8 Å². The van der Waals surface area contributed by atoms with Crippen molar-refractivity contribution in [2.75, 3.05) is 18.9 Å². The van der Waals surface area contributed by atoms with E-state index in [0.29, 0.717) is 11.2 Å². The average Bonchev–Trinajstić information content (AvgIpc) is 3.71. The summed E-state index contributed by atoms with van der Waals surface area (Å²) in [6, 6.07) is 15.0. The van der Waals surface area contributed by atoms with E-state index in [1.54, 1.807) is 65.0 Å². The lowest BCUT2D eigenvalue weighted by atomic mass is 9.92. The van der Waals surface area contributed by atoms with E-state index in [0.717, 1.165) is 23.6 Å². The van der Waals surface area contributed by atoms with Gasteiger partial charge in [-0.15, -0.1) is 0 Å². The van der Waals surface area contributed by atoms with Gasteiger partial charge in [0.15, 0.2) is 18.0 Å². The second-order valence-electron chi connectivity index (χ2n) is 14.5. The molecule has 15 nitrogen and oxygen atoms in total. The zero-order valence-electron chi connectivity index (χ0n) is 32.6. The Balaban J connectivity index is 1.52. The summed E-state index contributed by atoms with van der Waals surface area (Å²) < 4.78 is 52.8. The van der Waals surface area contributed by atoms with Crippen LogP contribution in [0.3, 0.4) is 0 Å². The van der Waals surface area contributed by atoms with Crippen LogP contribution in [0.4, 0.5) is 5.82 Å². The number of hydrogen-bond donors (Lipinski definition) is 2. The largest absolute Gasteiger partial charge is 0.464 e. The van der Waals surface area contributed by atoms with E-state index in [-0.39, 0.29) is 24.1 Å². The molecule has 0 amide bonds. The monoisotopic (exact) mass is 781 g/mol. The first kappa shape index (κ1) is 41.6. The van der Waals surface area contributed by atoms with Crippen molar-refractivity contribution < 1.29 is 46.9 Å². The Kier molecular flexibility index (Phi) is 13.2. The lowest BCUT2D eigenvalue weighted by Gasteiger charge is -2.31. The van der Waals surface area contributed by atoms with Crippen LogP contribution in [0.5, 0.6) is 5.75 Å². The number of hydrogen-bond acceptors (Lipinski definition) is 13. The molecular formula is C39H52N5O10P. The molecule has 1 aliphatic rings. The van der Waals surface area contributed by atoms with E-state index in [9.17, 15) is 18.9 Å². The molecule has 1 aliphatic heterocycles. The quantitative estimate of drug-likeness (QED) is 0.0682. The first-order chi connectivity index (χ1) is 26.1. The summed E-state index contributed by atoms with van der Waals surface area (Å²) in [5.74, 6) is -2.35. The van der Waals surface area contributed by atoms with Crippen molar-refractivity contribution in [3.63, 3.8) is 0 Å². The van der Waals surface area contributed by atoms with Crippen molar-refractivity contribution in [3.8, 4) is 5.75 Å². The van der Waals surface area contributed by atoms with E-state index < -0.39 is 74.1 Å². The number of esters is 3. The maximum absolute atomic E-state index is 14.8. The highest BCUT2D eigenvalue weighted by Crippen LogP contribution is 2.49. The lowest BCUT2D eigenvalue weighted by molar-refractivity contribution is -0.175. The third-order valence-corrected chi connectivity index (χ3v) is 11.4. The number of aromatic nitrogens is 3. The van der Waals surface area contributed by atoms with Gasteiger partial charge in [0.05, 0.1) is 30.7 Å². The van der Waals surface area contributed by atoms with Gasteiger partial charge in [0.2, 0.25) is 0 Å². The number of rotatable bonds is 17. The van der Waals surface area contributed by atoms with Crippen molar-refractivity contribution in [3.05, 3.63) is 66.6 Å². The van der Waals surface area contributed by atoms with E-state index in [1.165, 1.54) is 17.8 Å². The molecule has 298 valence electrons. The summed E-state index contributed by atoms with van der Waals surface area (Å²) in [6.45, 7) is 13.6. The van der Waals surface area contributed by atoms with Crippen LogP contribution >= 0.6 is 7.75 Å². The lowest BCUT2D eigenvalue weighted by Crippen LogP contribution is -2.46. The molecule has 2 aromatic heterocycles. The number of nitrogen functional groups attached to an aromatic ring is 1. The van der Waals surface area contributed by atoms with Crippen LogP contribution in [0.25, 0.3) is 16.3 Å². The summed E-state index contributed by atoms with van der Waals surface area (Å²) in [5, 5.41) is 8.85. The Bertz CT molecular complexity index is 2030. The van der Waals surface area contributed by atoms with Crippen LogP contribution in [0.15, 0.2) is 60.9 Å². The Labute approximate surface area is 321 Å². The minimum absolute atomic E-state index is 0.172. The summed E-state index contributed by atoms with van der Waals surface area (Å²) in [6.07, 6.45) is -0.750. The topological polar surface area (TPSA) is 192 Å². The third-order valence-electron chi connectivity index (χ3n) is 9.71. The SMILES string of the molecule is CCC(CC)COC(=O)[C@H](C)NP(=O)(OC[C@H]1O[C@@](C)(c2ccc3c(N)ncnn23)[C@H](OC(=O)C(C)C)[C@@H]1OC(=O)C(C)C)Oc1ccc2ccccc2c1. The maximum atomic E-state index is 14.8. The number of nitrogens with one attached hydrogen (secondary N) is 1. The van der Waals surface area contributed by atoms with Gasteiger partial charge < -0.3 is 29.2 Å². The summed E-state index contributed by atoms with van der Waals surface area (Å²) in [5.41, 5.74) is 5.51. The van der Waals surface area contributed by atoms with Gasteiger partial charge in [-0.3, -0.25) is 18.9 Å². The molecule has 1 unspecified atom stereocenters. The van der Waals surface area contributed by atoms with Gasteiger partial charge in [-0.2, -0.15) is 10.2 Å². The molecule has 5 rings (SSSR count). The molecular weight excluding hydrogens is 729 g/mol.